The van der Waals surface area contributed by atoms with E-state index in [0.717, 1.165) is 6.42 Å². The fourth-order valence-electron chi connectivity index (χ4n) is 4.27. The first-order valence-electron chi connectivity index (χ1n) is 14.1. The Labute approximate surface area is 221 Å². The average molecular weight is 537 g/mol. The Hall–Kier alpha value is -0.200. The van der Waals surface area contributed by atoms with Crippen LogP contribution in [0.15, 0.2) is 0 Å². The molecule has 4 unspecified atom stereocenters. The number of aliphatic hydroxyl groups is 1. The zero-order chi connectivity index (χ0) is 26.4. The summed E-state index contributed by atoms with van der Waals surface area (Å²) in [6.45, 7) is 5.73. The number of rotatable bonds is 26. The van der Waals surface area contributed by atoms with Gasteiger partial charge < -0.3 is 19.7 Å². The highest BCUT2D eigenvalue weighted by atomic mass is 32.1. The molecule has 0 heterocycles. The summed E-state index contributed by atoms with van der Waals surface area (Å²) in [4.78, 5) is 11.1. The second-order valence-corrected chi connectivity index (χ2v) is 11.4. The standard InChI is InChI=1S/C27H53O6PS/c1-4-7-9-11-12-13-14-15-16-18-20-23(19-17-10-8-5-2)21-25(35)33-24(6-3)32-22-27(30,34-31)26(28)29/h23-25,30,35H,4-22H2,1-3H3,(H,28,29). The van der Waals surface area contributed by atoms with E-state index in [9.17, 15) is 14.5 Å². The van der Waals surface area contributed by atoms with Gasteiger partial charge in [-0.2, -0.15) is 0 Å². The molecule has 208 valence electrons. The van der Waals surface area contributed by atoms with E-state index in [2.05, 4.69) is 26.5 Å². The lowest BCUT2D eigenvalue weighted by molar-refractivity contribution is -0.183. The van der Waals surface area contributed by atoms with Gasteiger partial charge in [0.1, 0.15) is 12.0 Å². The van der Waals surface area contributed by atoms with Crippen molar-refractivity contribution in [3.05, 3.63) is 0 Å². The second kappa shape index (κ2) is 23.0. The van der Waals surface area contributed by atoms with E-state index in [1.807, 2.05) is 6.92 Å². The first kappa shape index (κ1) is 34.8. The van der Waals surface area contributed by atoms with Crippen molar-refractivity contribution < 1.29 is 29.0 Å². The van der Waals surface area contributed by atoms with Gasteiger partial charge >= 0.3 is 5.97 Å². The molecule has 8 heteroatoms. The molecule has 4 atom stereocenters. The summed E-state index contributed by atoms with van der Waals surface area (Å²) in [5, 5.41) is 16.4. The Morgan fingerprint density at radius 3 is 1.74 bits per heavy atom. The number of hydrogen-bond acceptors (Lipinski definition) is 6. The van der Waals surface area contributed by atoms with Crippen molar-refractivity contribution in [3.8, 4) is 0 Å². The van der Waals surface area contributed by atoms with Crippen LogP contribution >= 0.6 is 21.1 Å². The Bertz CT molecular complexity index is 524. The van der Waals surface area contributed by atoms with E-state index in [1.165, 1.54) is 103 Å². The fourth-order valence-corrected chi connectivity index (χ4v) is 4.91. The van der Waals surface area contributed by atoms with E-state index in [0.29, 0.717) is 12.3 Å². The van der Waals surface area contributed by atoms with Crippen LogP contribution in [0.1, 0.15) is 136 Å². The summed E-state index contributed by atoms with van der Waals surface area (Å²) < 4.78 is 22.4. The van der Waals surface area contributed by atoms with E-state index < -0.39 is 32.7 Å². The molecular formula is C27H53O6PS. The summed E-state index contributed by atoms with van der Waals surface area (Å²) in [5.41, 5.74) is -0.332. The van der Waals surface area contributed by atoms with Gasteiger partial charge in [0.2, 0.25) is 8.46 Å². The molecule has 0 aliphatic heterocycles. The Kier molecular flexibility index (Phi) is 22.8. The van der Waals surface area contributed by atoms with Crippen molar-refractivity contribution in [3.63, 3.8) is 0 Å². The molecule has 2 N–H and O–H groups in total. The van der Waals surface area contributed by atoms with Crippen LogP contribution in [0.4, 0.5) is 0 Å². The molecule has 0 aromatic carbocycles. The Balaban J connectivity index is 4.44. The van der Waals surface area contributed by atoms with Crippen molar-refractivity contribution >= 4 is 27.1 Å². The third kappa shape index (κ3) is 18.7. The number of unbranched alkanes of at least 4 members (excludes halogenated alkanes) is 12. The molecule has 0 aromatic rings. The number of carboxylic acid groups (broad SMARTS) is 1. The van der Waals surface area contributed by atoms with Gasteiger partial charge in [-0.3, -0.25) is 4.57 Å². The van der Waals surface area contributed by atoms with Crippen LogP contribution in [0.5, 0.6) is 0 Å². The van der Waals surface area contributed by atoms with Gasteiger partial charge in [-0.1, -0.05) is 124 Å². The minimum absolute atomic E-state index is 0.332. The monoisotopic (exact) mass is 536 g/mol. The first-order chi connectivity index (χ1) is 16.8. The summed E-state index contributed by atoms with van der Waals surface area (Å²) in [5.74, 6) is -1.05. The zero-order valence-corrected chi connectivity index (χ0v) is 24.4. The highest BCUT2D eigenvalue weighted by Crippen LogP contribution is 2.27. The second-order valence-electron chi connectivity index (χ2n) is 9.87. The zero-order valence-electron chi connectivity index (χ0n) is 22.6. The maximum Gasteiger partial charge on any atom is 0.350 e. The SMILES string of the molecule is CCCCCCCCCCCCC(CCCCCC)CC(S)OC(CC)OCC(O)(P=O)C(=O)O. The number of carbonyl (C=O) groups is 1. The normalized spacial score (nSPS) is 16.1. The van der Waals surface area contributed by atoms with Gasteiger partial charge in [-0.25, -0.2) is 4.79 Å². The molecule has 6 nitrogen and oxygen atoms in total. The van der Waals surface area contributed by atoms with E-state index in [1.54, 1.807) is 0 Å². The molecule has 0 spiro atoms. The van der Waals surface area contributed by atoms with Gasteiger partial charge in [0.25, 0.3) is 5.34 Å². The largest absolute Gasteiger partial charge is 0.478 e. The summed E-state index contributed by atoms with van der Waals surface area (Å²) in [7, 11) is -0.909. The molecule has 0 aromatic heterocycles. The predicted octanol–water partition coefficient (Wildman–Crippen LogP) is 8.36. The maximum absolute atomic E-state index is 11.1. The summed E-state index contributed by atoms with van der Waals surface area (Å²) in [6, 6.07) is 0. The third-order valence-corrected chi connectivity index (χ3v) is 7.53. The topological polar surface area (TPSA) is 93.1 Å². The molecule has 0 saturated heterocycles. The van der Waals surface area contributed by atoms with Gasteiger partial charge in [-0.05, 0) is 18.8 Å². The molecule has 0 bridgehead atoms. The Morgan fingerprint density at radius 1 is 0.857 bits per heavy atom. The quantitative estimate of drug-likeness (QED) is 0.0445. The highest BCUT2D eigenvalue weighted by molar-refractivity contribution is 7.80. The third-order valence-electron chi connectivity index (χ3n) is 6.57. The van der Waals surface area contributed by atoms with Gasteiger partial charge in [0.15, 0.2) is 6.29 Å². The molecule has 0 amide bonds. The van der Waals surface area contributed by atoms with Crippen LogP contribution in [-0.4, -0.2) is 39.9 Å². The average Bonchev–Trinajstić information content (AvgIpc) is 2.84. The van der Waals surface area contributed by atoms with Crippen LogP contribution in [0, 0.1) is 5.92 Å². The molecular weight excluding hydrogens is 483 g/mol. The highest BCUT2D eigenvalue weighted by Gasteiger charge is 2.39. The number of hydrogen-bond donors (Lipinski definition) is 3. The minimum atomic E-state index is -2.46. The van der Waals surface area contributed by atoms with Crippen molar-refractivity contribution in [2.45, 2.75) is 153 Å². The fraction of sp³-hybridized carbons (Fsp3) is 0.963. The van der Waals surface area contributed by atoms with Gasteiger partial charge in [-0.15, -0.1) is 12.6 Å². The van der Waals surface area contributed by atoms with Crippen LogP contribution in [0.25, 0.3) is 0 Å². The smallest absolute Gasteiger partial charge is 0.350 e. The lowest BCUT2D eigenvalue weighted by Gasteiger charge is -2.26. The van der Waals surface area contributed by atoms with Crippen molar-refractivity contribution in [2.75, 3.05) is 6.61 Å². The van der Waals surface area contributed by atoms with E-state index in [-0.39, 0.29) is 5.44 Å². The predicted molar refractivity (Wildman–Crippen MR) is 147 cm³/mol. The molecule has 0 rings (SSSR count). The van der Waals surface area contributed by atoms with Gasteiger partial charge in [0, 0.05) is 0 Å². The molecule has 0 aliphatic rings. The maximum atomic E-state index is 11.1. The molecule has 35 heavy (non-hydrogen) atoms. The molecule has 0 aliphatic carbocycles. The summed E-state index contributed by atoms with van der Waals surface area (Å²) in [6.07, 6.45) is 21.2. The number of aliphatic carboxylic acids is 1. The minimum Gasteiger partial charge on any atom is -0.478 e. The Morgan fingerprint density at radius 2 is 1.31 bits per heavy atom. The van der Waals surface area contributed by atoms with Crippen molar-refractivity contribution in [1.82, 2.24) is 0 Å². The number of ether oxygens (including phenoxy) is 2. The lowest BCUT2D eigenvalue weighted by atomic mass is 9.91. The van der Waals surface area contributed by atoms with Gasteiger partial charge in [0.05, 0.1) is 0 Å². The first-order valence-corrected chi connectivity index (χ1v) is 15.4. The molecule has 0 radical (unpaired) electrons. The molecule has 0 fully saturated rings. The van der Waals surface area contributed by atoms with Crippen LogP contribution in [0.2, 0.25) is 0 Å². The number of carboxylic acids is 1. The van der Waals surface area contributed by atoms with E-state index >= 15 is 0 Å². The molecule has 0 saturated carbocycles. The summed E-state index contributed by atoms with van der Waals surface area (Å²) >= 11 is 4.64. The van der Waals surface area contributed by atoms with Crippen LogP contribution in [0.3, 0.4) is 0 Å². The van der Waals surface area contributed by atoms with Crippen LogP contribution < -0.4 is 0 Å². The lowest BCUT2D eigenvalue weighted by Crippen LogP contribution is -2.39. The van der Waals surface area contributed by atoms with Crippen molar-refractivity contribution in [1.29, 1.82) is 0 Å². The number of thiol groups is 1. The van der Waals surface area contributed by atoms with Crippen LogP contribution in [-0.2, 0) is 18.8 Å². The van der Waals surface area contributed by atoms with E-state index in [4.69, 9.17) is 14.6 Å². The van der Waals surface area contributed by atoms with Crippen molar-refractivity contribution in [2.24, 2.45) is 5.92 Å².